The first kappa shape index (κ1) is 14.3. The fourth-order valence-corrected chi connectivity index (χ4v) is 1.36. The Kier molecular flexibility index (Phi) is 5.00. The molecule has 0 amide bonds. The number of ether oxygens (including phenoxy) is 1. The summed E-state index contributed by atoms with van der Waals surface area (Å²) in [4.78, 5) is 0. The van der Waals surface area contributed by atoms with E-state index in [1.807, 2.05) is 6.92 Å². The summed E-state index contributed by atoms with van der Waals surface area (Å²) in [7, 11) is 0. The van der Waals surface area contributed by atoms with Crippen molar-refractivity contribution in [2.24, 2.45) is 5.16 Å². The van der Waals surface area contributed by atoms with E-state index >= 15 is 0 Å². The van der Waals surface area contributed by atoms with E-state index in [0.29, 0.717) is 23.4 Å². The van der Waals surface area contributed by atoms with Crippen LogP contribution in [0.3, 0.4) is 0 Å². The minimum Gasteiger partial charge on any atom is -0.493 e. The van der Waals surface area contributed by atoms with Crippen molar-refractivity contribution in [3.63, 3.8) is 0 Å². The first-order valence-corrected chi connectivity index (χ1v) is 5.47. The van der Waals surface area contributed by atoms with Gasteiger partial charge in [0.05, 0.1) is 18.7 Å². The molecule has 0 aromatic heterocycles. The molecular weight excluding hydrogens is 247 g/mol. The minimum atomic E-state index is -4.21. The maximum absolute atomic E-state index is 11.9. The molecule has 0 saturated carbocycles. The number of hydrogen-bond acceptors (Lipinski definition) is 3. The Bertz CT molecular complexity index is 399. The molecule has 0 spiro atoms. The topological polar surface area (TPSA) is 41.8 Å². The third-order valence-electron chi connectivity index (χ3n) is 2.30. The van der Waals surface area contributed by atoms with E-state index in [0.717, 1.165) is 0 Å². The Hall–Kier alpha value is -1.72. The lowest BCUT2D eigenvalue weighted by atomic mass is 10.1. The average molecular weight is 261 g/mol. The van der Waals surface area contributed by atoms with Crippen LogP contribution >= 0.6 is 0 Å². The standard InChI is InChI=1S/C12H14F3NO2/c1-2-11(16-17)9-3-5-10(6-4-9)18-8-7-12(13,14)15/h3-6,17H,2,7-8H2,1H3. The van der Waals surface area contributed by atoms with E-state index < -0.39 is 19.2 Å². The van der Waals surface area contributed by atoms with Gasteiger partial charge in [0, 0.05) is 0 Å². The summed E-state index contributed by atoms with van der Waals surface area (Å²) in [5, 5.41) is 11.8. The highest BCUT2D eigenvalue weighted by Gasteiger charge is 2.26. The molecular formula is C12H14F3NO2. The van der Waals surface area contributed by atoms with E-state index in [1.54, 1.807) is 24.3 Å². The zero-order valence-electron chi connectivity index (χ0n) is 9.87. The van der Waals surface area contributed by atoms with Crippen LogP contribution < -0.4 is 4.74 Å². The van der Waals surface area contributed by atoms with Crippen LogP contribution in [0.2, 0.25) is 0 Å². The molecule has 0 bridgehead atoms. The highest BCUT2D eigenvalue weighted by atomic mass is 19.4. The van der Waals surface area contributed by atoms with Crippen molar-refractivity contribution >= 4 is 5.71 Å². The number of halogens is 3. The Balaban J connectivity index is 2.56. The third-order valence-corrected chi connectivity index (χ3v) is 2.30. The summed E-state index contributed by atoms with van der Waals surface area (Å²) in [6.45, 7) is 1.43. The Morgan fingerprint density at radius 3 is 2.33 bits per heavy atom. The van der Waals surface area contributed by atoms with E-state index in [2.05, 4.69) is 5.16 Å². The van der Waals surface area contributed by atoms with Crippen LogP contribution in [0.15, 0.2) is 29.4 Å². The molecule has 1 aromatic rings. The van der Waals surface area contributed by atoms with Gasteiger partial charge in [-0.05, 0) is 36.2 Å². The van der Waals surface area contributed by atoms with Crippen molar-refractivity contribution in [1.29, 1.82) is 0 Å². The van der Waals surface area contributed by atoms with E-state index in [9.17, 15) is 13.2 Å². The second-order valence-corrected chi connectivity index (χ2v) is 3.64. The molecule has 3 nitrogen and oxygen atoms in total. The fourth-order valence-electron chi connectivity index (χ4n) is 1.36. The zero-order valence-corrected chi connectivity index (χ0v) is 9.87. The smallest absolute Gasteiger partial charge is 0.392 e. The second kappa shape index (κ2) is 6.28. The highest BCUT2D eigenvalue weighted by molar-refractivity contribution is 6.00. The van der Waals surface area contributed by atoms with Crippen LogP contribution in [0.1, 0.15) is 25.3 Å². The molecule has 18 heavy (non-hydrogen) atoms. The quantitative estimate of drug-likeness (QED) is 0.500. The number of hydrogen-bond donors (Lipinski definition) is 1. The van der Waals surface area contributed by atoms with Crippen molar-refractivity contribution in [1.82, 2.24) is 0 Å². The van der Waals surface area contributed by atoms with Crippen molar-refractivity contribution in [3.05, 3.63) is 29.8 Å². The molecule has 1 aromatic carbocycles. The summed E-state index contributed by atoms with van der Waals surface area (Å²) in [6.07, 6.45) is -4.63. The highest BCUT2D eigenvalue weighted by Crippen LogP contribution is 2.20. The summed E-state index contributed by atoms with van der Waals surface area (Å²) in [5.41, 5.74) is 1.22. The summed E-state index contributed by atoms with van der Waals surface area (Å²) >= 11 is 0. The van der Waals surface area contributed by atoms with Gasteiger partial charge in [0.1, 0.15) is 5.75 Å². The lowest BCUT2D eigenvalue weighted by molar-refractivity contribution is -0.139. The summed E-state index contributed by atoms with van der Waals surface area (Å²) in [5.74, 6) is 0.358. The van der Waals surface area contributed by atoms with Crippen LogP contribution in [0, 0.1) is 0 Å². The van der Waals surface area contributed by atoms with E-state index in [4.69, 9.17) is 9.94 Å². The first-order valence-electron chi connectivity index (χ1n) is 5.47. The van der Waals surface area contributed by atoms with Gasteiger partial charge in [-0.15, -0.1) is 0 Å². The molecule has 0 saturated heterocycles. The summed E-state index contributed by atoms with van der Waals surface area (Å²) < 4.78 is 40.7. The average Bonchev–Trinajstić information content (AvgIpc) is 2.31. The lowest BCUT2D eigenvalue weighted by Gasteiger charge is -2.09. The number of nitrogens with zero attached hydrogens (tertiary/aromatic N) is 1. The third kappa shape index (κ3) is 4.65. The van der Waals surface area contributed by atoms with Crippen LogP contribution in [-0.2, 0) is 0 Å². The Morgan fingerprint density at radius 2 is 1.89 bits per heavy atom. The lowest BCUT2D eigenvalue weighted by Crippen LogP contribution is -2.13. The van der Waals surface area contributed by atoms with Crippen LogP contribution in [0.4, 0.5) is 13.2 Å². The number of rotatable bonds is 5. The molecule has 0 unspecified atom stereocenters. The predicted molar refractivity (Wildman–Crippen MR) is 61.2 cm³/mol. The SMILES string of the molecule is CCC(=NO)c1ccc(OCCC(F)(F)F)cc1. The molecule has 0 atom stereocenters. The summed E-state index contributed by atoms with van der Waals surface area (Å²) in [6, 6.07) is 6.38. The molecule has 6 heteroatoms. The monoisotopic (exact) mass is 261 g/mol. The van der Waals surface area contributed by atoms with Gasteiger partial charge < -0.3 is 9.94 Å². The number of benzene rings is 1. The van der Waals surface area contributed by atoms with Gasteiger partial charge in [-0.1, -0.05) is 12.1 Å². The normalized spacial score (nSPS) is 12.6. The largest absolute Gasteiger partial charge is 0.493 e. The van der Waals surface area contributed by atoms with Gasteiger partial charge >= 0.3 is 6.18 Å². The molecule has 0 aliphatic rings. The maximum Gasteiger partial charge on any atom is 0.392 e. The van der Waals surface area contributed by atoms with Gasteiger partial charge in [-0.3, -0.25) is 0 Å². The molecule has 0 fully saturated rings. The van der Waals surface area contributed by atoms with E-state index in [-0.39, 0.29) is 0 Å². The Morgan fingerprint density at radius 1 is 1.28 bits per heavy atom. The van der Waals surface area contributed by atoms with Gasteiger partial charge in [0.2, 0.25) is 0 Å². The fraction of sp³-hybridized carbons (Fsp3) is 0.417. The molecule has 100 valence electrons. The van der Waals surface area contributed by atoms with Crippen LogP contribution in [0.5, 0.6) is 5.75 Å². The van der Waals surface area contributed by atoms with Crippen LogP contribution in [-0.4, -0.2) is 23.7 Å². The maximum atomic E-state index is 11.9. The molecule has 0 aliphatic heterocycles. The van der Waals surface area contributed by atoms with Crippen molar-refractivity contribution in [2.75, 3.05) is 6.61 Å². The second-order valence-electron chi connectivity index (χ2n) is 3.64. The predicted octanol–water partition coefficient (Wildman–Crippen LogP) is 3.61. The number of oxime groups is 1. The van der Waals surface area contributed by atoms with Gasteiger partial charge in [0.25, 0.3) is 0 Å². The van der Waals surface area contributed by atoms with Gasteiger partial charge in [0.15, 0.2) is 0 Å². The van der Waals surface area contributed by atoms with Crippen molar-refractivity contribution in [2.45, 2.75) is 25.9 Å². The van der Waals surface area contributed by atoms with Crippen molar-refractivity contribution < 1.29 is 23.1 Å². The molecule has 0 aliphatic carbocycles. The number of alkyl halides is 3. The minimum absolute atomic E-state index is 0.358. The van der Waals surface area contributed by atoms with Gasteiger partial charge in [-0.2, -0.15) is 13.2 Å². The zero-order chi connectivity index (χ0) is 13.6. The molecule has 0 heterocycles. The molecule has 0 radical (unpaired) electrons. The molecule has 1 rings (SSSR count). The Labute approximate surface area is 103 Å². The van der Waals surface area contributed by atoms with E-state index in [1.165, 1.54) is 0 Å². The first-order chi connectivity index (χ1) is 8.46. The molecule has 1 N–H and O–H groups in total. The van der Waals surface area contributed by atoms with Crippen LogP contribution in [0.25, 0.3) is 0 Å². The van der Waals surface area contributed by atoms with Crippen molar-refractivity contribution in [3.8, 4) is 5.75 Å². The van der Waals surface area contributed by atoms with Gasteiger partial charge in [-0.25, -0.2) is 0 Å².